The molecule has 5 heteroatoms. The molecule has 0 fully saturated rings. The van der Waals surface area contributed by atoms with Gasteiger partial charge in [-0.15, -0.1) is 0 Å². The third kappa shape index (κ3) is 0.914. The van der Waals surface area contributed by atoms with Crippen LogP contribution in [0, 0.1) is 0 Å². The van der Waals surface area contributed by atoms with Crippen LogP contribution in [0.5, 0.6) is 0 Å². The third-order valence-corrected chi connectivity index (χ3v) is 1.58. The van der Waals surface area contributed by atoms with Gasteiger partial charge in [-0.25, -0.2) is 4.98 Å². The molecule has 0 saturated heterocycles. The first kappa shape index (κ1) is 6.78. The number of amides is 1. The molecule has 1 amide bonds. The summed E-state index contributed by atoms with van der Waals surface area (Å²) in [6, 6.07) is 1.60. The molecule has 0 atom stereocenters. The zero-order chi connectivity index (χ0) is 8.55. The second-order valence-electron chi connectivity index (χ2n) is 2.39. The SMILES string of the molecule is NC(=O)c1cc2cn[nH]c2cn1. The molecule has 3 N–H and O–H groups in total. The van der Waals surface area contributed by atoms with E-state index < -0.39 is 5.91 Å². The van der Waals surface area contributed by atoms with Crippen LogP contribution in [0.4, 0.5) is 0 Å². The van der Waals surface area contributed by atoms with Crippen molar-refractivity contribution in [1.29, 1.82) is 0 Å². The first-order chi connectivity index (χ1) is 5.77. The molecule has 0 unspecified atom stereocenters. The summed E-state index contributed by atoms with van der Waals surface area (Å²) in [5, 5.41) is 7.34. The van der Waals surface area contributed by atoms with E-state index in [1.54, 1.807) is 12.3 Å². The molecular formula is C7H6N4O. The number of pyridine rings is 1. The van der Waals surface area contributed by atoms with Crippen molar-refractivity contribution in [1.82, 2.24) is 15.2 Å². The van der Waals surface area contributed by atoms with Crippen molar-refractivity contribution >= 4 is 16.8 Å². The normalized spacial score (nSPS) is 10.3. The van der Waals surface area contributed by atoms with Crippen molar-refractivity contribution < 1.29 is 4.79 Å². The first-order valence-electron chi connectivity index (χ1n) is 3.36. The van der Waals surface area contributed by atoms with Crippen LogP contribution in [0.15, 0.2) is 18.5 Å². The van der Waals surface area contributed by atoms with Gasteiger partial charge in [0.1, 0.15) is 5.69 Å². The number of H-pyrrole nitrogens is 1. The lowest BCUT2D eigenvalue weighted by atomic mass is 10.2. The molecule has 12 heavy (non-hydrogen) atoms. The highest BCUT2D eigenvalue weighted by molar-refractivity contribution is 5.94. The summed E-state index contributed by atoms with van der Waals surface area (Å²) < 4.78 is 0. The summed E-state index contributed by atoms with van der Waals surface area (Å²) in [5.41, 5.74) is 6.09. The number of nitrogens with zero attached hydrogens (tertiary/aromatic N) is 2. The molecule has 0 radical (unpaired) electrons. The summed E-state index contributed by atoms with van der Waals surface area (Å²) >= 11 is 0. The van der Waals surface area contributed by atoms with Gasteiger partial charge in [0.05, 0.1) is 17.9 Å². The minimum atomic E-state index is -0.530. The lowest BCUT2D eigenvalue weighted by Crippen LogP contribution is -2.12. The van der Waals surface area contributed by atoms with E-state index in [4.69, 9.17) is 5.73 Å². The Labute approximate surface area is 67.6 Å². The maximum absolute atomic E-state index is 10.7. The van der Waals surface area contributed by atoms with E-state index in [1.165, 1.54) is 6.20 Å². The monoisotopic (exact) mass is 162 g/mol. The van der Waals surface area contributed by atoms with Gasteiger partial charge in [0.15, 0.2) is 0 Å². The van der Waals surface area contributed by atoms with Gasteiger partial charge in [0, 0.05) is 5.39 Å². The Kier molecular flexibility index (Phi) is 1.30. The van der Waals surface area contributed by atoms with Crippen molar-refractivity contribution in [3.05, 3.63) is 24.2 Å². The molecule has 0 bridgehead atoms. The van der Waals surface area contributed by atoms with Crippen LogP contribution in [0.2, 0.25) is 0 Å². The van der Waals surface area contributed by atoms with Crippen LogP contribution < -0.4 is 5.73 Å². The third-order valence-electron chi connectivity index (χ3n) is 1.58. The Morgan fingerprint density at radius 2 is 2.33 bits per heavy atom. The maximum Gasteiger partial charge on any atom is 0.267 e. The van der Waals surface area contributed by atoms with Crippen LogP contribution in [0.3, 0.4) is 0 Å². The Bertz CT molecular complexity index is 434. The lowest BCUT2D eigenvalue weighted by molar-refractivity contribution is 0.0996. The van der Waals surface area contributed by atoms with Crippen molar-refractivity contribution in [2.24, 2.45) is 5.73 Å². The predicted octanol–water partition coefficient (Wildman–Crippen LogP) is 0.0568. The summed E-state index contributed by atoms with van der Waals surface area (Å²) in [7, 11) is 0. The Balaban J connectivity index is 2.68. The van der Waals surface area contributed by atoms with Gasteiger partial charge < -0.3 is 5.73 Å². The van der Waals surface area contributed by atoms with Crippen molar-refractivity contribution in [3.63, 3.8) is 0 Å². The number of aromatic amines is 1. The van der Waals surface area contributed by atoms with Crippen molar-refractivity contribution in [2.75, 3.05) is 0 Å². The Morgan fingerprint density at radius 3 is 3.08 bits per heavy atom. The zero-order valence-corrected chi connectivity index (χ0v) is 6.11. The second-order valence-corrected chi connectivity index (χ2v) is 2.39. The van der Waals surface area contributed by atoms with Gasteiger partial charge in [-0.05, 0) is 6.07 Å². The summed E-state index contributed by atoms with van der Waals surface area (Å²) in [6.07, 6.45) is 3.14. The fraction of sp³-hybridized carbons (Fsp3) is 0. The lowest BCUT2D eigenvalue weighted by Gasteiger charge is -1.92. The van der Waals surface area contributed by atoms with Gasteiger partial charge in [-0.3, -0.25) is 9.89 Å². The molecule has 0 aliphatic carbocycles. The second kappa shape index (κ2) is 2.30. The largest absolute Gasteiger partial charge is 0.364 e. The fourth-order valence-corrected chi connectivity index (χ4v) is 0.977. The highest BCUT2D eigenvalue weighted by Gasteiger charge is 2.03. The number of nitrogens with two attached hydrogens (primary N) is 1. The molecule has 2 rings (SSSR count). The standard InChI is InChI=1S/C7H6N4O/c8-7(12)5-1-4-2-10-11-6(4)3-9-5/h1-3H,(H2,8,12)(H,10,11). The number of hydrogen-bond acceptors (Lipinski definition) is 3. The van der Waals surface area contributed by atoms with Crippen molar-refractivity contribution in [3.8, 4) is 0 Å². The van der Waals surface area contributed by atoms with E-state index in [-0.39, 0.29) is 5.69 Å². The molecule has 5 nitrogen and oxygen atoms in total. The molecule has 0 aliphatic heterocycles. The molecule has 0 aliphatic rings. The van der Waals surface area contributed by atoms with E-state index in [2.05, 4.69) is 15.2 Å². The number of nitrogens with one attached hydrogen (secondary N) is 1. The number of fused-ring (bicyclic) bond motifs is 1. The quantitative estimate of drug-likeness (QED) is 0.621. The van der Waals surface area contributed by atoms with Gasteiger partial charge in [-0.2, -0.15) is 5.10 Å². The number of rotatable bonds is 1. The van der Waals surface area contributed by atoms with Gasteiger partial charge in [0.25, 0.3) is 5.91 Å². The Hall–Kier alpha value is -1.91. The van der Waals surface area contributed by atoms with E-state index in [1.807, 2.05) is 0 Å². The average Bonchev–Trinajstić information content (AvgIpc) is 2.49. The summed E-state index contributed by atoms with van der Waals surface area (Å²) in [6.45, 7) is 0. The van der Waals surface area contributed by atoms with E-state index in [0.717, 1.165) is 10.9 Å². The van der Waals surface area contributed by atoms with Gasteiger partial charge in [-0.1, -0.05) is 0 Å². The van der Waals surface area contributed by atoms with Crippen LogP contribution >= 0.6 is 0 Å². The highest BCUT2D eigenvalue weighted by atomic mass is 16.1. The molecule has 2 aromatic rings. The van der Waals surface area contributed by atoms with E-state index in [9.17, 15) is 4.79 Å². The number of aromatic nitrogens is 3. The molecule has 60 valence electrons. The van der Waals surface area contributed by atoms with Gasteiger partial charge >= 0.3 is 0 Å². The van der Waals surface area contributed by atoms with Crippen LogP contribution in [0.1, 0.15) is 10.5 Å². The highest BCUT2D eigenvalue weighted by Crippen LogP contribution is 2.09. The average molecular weight is 162 g/mol. The fourth-order valence-electron chi connectivity index (χ4n) is 0.977. The van der Waals surface area contributed by atoms with E-state index >= 15 is 0 Å². The number of hydrogen-bond donors (Lipinski definition) is 2. The van der Waals surface area contributed by atoms with Crippen LogP contribution in [0.25, 0.3) is 10.9 Å². The molecule has 0 spiro atoms. The zero-order valence-electron chi connectivity index (χ0n) is 6.11. The van der Waals surface area contributed by atoms with Crippen LogP contribution in [-0.2, 0) is 0 Å². The molecule has 0 saturated carbocycles. The molecule has 0 aromatic carbocycles. The number of carbonyl (C=O) groups is 1. The molecule has 2 aromatic heterocycles. The summed E-state index contributed by atoms with van der Waals surface area (Å²) in [4.78, 5) is 14.5. The Morgan fingerprint density at radius 1 is 1.50 bits per heavy atom. The molecular weight excluding hydrogens is 156 g/mol. The maximum atomic E-state index is 10.7. The van der Waals surface area contributed by atoms with Crippen LogP contribution in [-0.4, -0.2) is 21.1 Å². The number of carbonyl (C=O) groups excluding carboxylic acids is 1. The minimum absolute atomic E-state index is 0.254. The first-order valence-corrected chi connectivity index (χ1v) is 3.36. The topological polar surface area (TPSA) is 84.7 Å². The van der Waals surface area contributed by atoms with E-state index in [0.29, 0.717) is 0 Å². The van der Waals surface area contributed by atoms with Gasteiger partial charge in [0.2, 0.25) is 0 Å². The smallest absolute Gasteiger partial charge is 0.267 e. The molecule has 2 heterocycles. The number of primary amides is 1. The van der Waals surface area contributed by atoms with Crippen molar-refractivity contribution in [2.45, 2.75) is 0 Å². The minimum Gasteiger partial charge on any atom is -0.364 e. The predicted molar refractivity (Wildman–Crippen MR) is 42.4 cm³/mol. The summed E-state index contributed by atoms with van der Waals surface area (Å²) in [5.74, 6) is -0.530.